The average molecular weight is 483 g/mol. The van der Waals surface area contributed by atoms with Gasteiger partial charge in [0.05, 0.1) is 19.8 Å². The molecular weight excluding hydrogens is 440 g/mol. The molecule has 188 valence electrons. The van der Waals surface area contributed by atoms with Crippen molar-refractivity contribution < 1.29 is 33.0 Å². The van der Waals surface area contributed by atoms with Gasteiger partial charge in [-0.15, -0.1) is 0 Å². The Labute approximate surface area is 200 Å². The normalized spacial score (nSPS) is 13.5. The van der Waals surface area contributed by atoms with Gasteiger partial charge in [0.25, 0.3) is 0 Å². The Morgan fingerprint density at radius 3 is 1.27 bits per heavy atom. The first-order valence-corrected chi connectivity index (χ1v) is 14.5. The summed E-state index contributed by atoms with van der Waals surface area (Å²) < 4.78 is 22.3. The van der Waals surface area contributed by atoms with Gasteiger partial charge in [0.2, 0.25) is 0 Å². The Bertz CT molecular complexity index is 562. The fourth-order valence-corrected chi connectivity index (χ4v) is 7.40. The van der Waals surface area contributed by atoms with Crippen LogP contribution in [0.1, 0.15) is 59.8 Å². The fraction of sp³-hybridized carbons (Fsp3) is 0.640. The van der Waals surface area contributed by atoms with E-state index in [4.69, 9.17) is 18.6 Å². The number of carbonyl (C=O) groups is 3. The van der Waals surface area contributed by atoms with E-state index in [1.807, 2.05) is 0 Å². The number of esters is 3. The van der Waals surface area contributed by atoms with E-state index in [0.29, 0.717) is 45.7 Å². The van der Waals surface area contributed by atoms with Gasteiger partial charge in [0, 0.05) is 24.8 Å². The van der Waals surface area contributed by atoms with Gasteiger partial charge in [-0.1, -0.05) is 31.6 Å². The number of allylic oxidation sites excluding steroid dienone is 3. The molecule has 0 bridgehead atoms. The zero-order chi connectivity index (χ0) is 24.8. The molecule has 8 heteroatoms. The van der Waals surface area contributed by atoms with Gasteiger partial charge in [-0.05, 0) is 64.6 Å². The van der Waals surface area contributed by atoms with E-state index < -0.39 is 8.32 Å². The molecule has 0 aliphatic carbocycles. The molecular formula is C25H42O7Si. The van der Waals surface area contributed by atoms with Gasteiger partial charge in [0.15, 0.2) is 8.32 Å². The van der Waals surface area contributed by atoms with Crippen LogP contribution >= 0.6 is 0 Å². The summed E-state index contributed by atoms with van der Waals surface area (Å²) in [6.45, 7) is 9.12. The highest BCUT2D eigenvalue weighted by atomic mass is 28.4. The molecule has 0 aliphatic heterocycles. The van der Waals surface area contributed by atoms with Gasteiger partial charge >= 0.3 is 17.9 Å². The summed E-state index contributed by atoms with van der Waals surface area (Å²) in [5, 5.41) is 0. The number of hydrogen-bond acceptors (Lipinski definition) is 7. The molecule has 0 atom stereocenters. The summed E-state index contributed by atoms with van der Waals surface area (Å²) in [7, 11) is -2.23. The van der Waals surface area contributed by atoms with Gasteiger partial charge in [-0.3, -0.25) is 0 Å². The molecule has 0 aromatic carbocycles. The largest absolute Gasteiger partial charge is 0.463 e. The number of hydrogen-bond donors (Lipinski definition) is 0. The standard InChI is InChI=1S/C25H42O7Si/c1-5-9-19-32-33(20-10-16-29-23(26)13-6-2,21-11-17-30-24(27)14-7-3)22-12-18-31-25(28)15-8-4/h6-8,13-15H,5,9-12,16-22H2,1-4H3. The minimum atomic E-state index is -2.23. The van der Waals surface area contributed by atoms with Crippen LogP contribution in [0, 0.1) is 0 Å². The molecule has 0 saturated heterocycles. The van der Waals surface area contributed by atoms with Crippen LogP contribution in [0.3, 0.4) is 0 Å². The molecule has 0 rings (SSSR count). The average Bonchev–Trinajstić information content (AvgIpc) is 2.78. The predicted octanol–water partition coefficient (Wildman–Crippen LogP) is 5.28. The third-order valence-corrected chi connectivity index (χ3v) is 9.49. The second kappa shape index (κ2) is 20.4. The van der Waals surface area contributed by atoms with Gasteiger partial charge < -0.3 is 18.6 Å². The monoisotopic (exact) mass is 482 g/mol. The predicted molar refractivity (Wildman–Crippen MR) is 132 cm³/mol. The summed E-state index contributed by atoms with van der Waals surface area (Å²) in [5.74, 6) is -1.03. The maximum atomic E-state index is 11.6. The van der Waals surface area contributed by atoms with Crippen molar-refractivity contribution in [3.05, 3.63) is 36.5 Å². The van der Waals surface area contributed by atoms with Crippen molar-refractivity contribution in [1.82, 2.24) is 0 Å². The van der Waals surface area contributed by atoms with E-state index in [0.717, 1.165) is 31.0 Å². The molecule has 0 fully saturated rings. The highest BCUT2D eigenvalue weighted by Gasteiger charge is 2.34. The SMILES string of the molecule is CC=CC(=O)OCCC[Si](CCCOC(=O)C=CC)(CCCOC(=O)C=CC)OCCCC. The Kier molecular flexibility index (Phi) is 19.1. The Hall–Kier alpha value is -2.19. The first-order chi connectivity index (χ1) is 15.9. The van der Waals surface area contributed by atoms with E-state index in [1.165, 1.54) is 18.2 Å². The second-order valence-electron chi connectivity index (χ2n) is 7.70. The maximum Gasteiger partial charge on any atom is 0.330 e. The van der Waals surface area contributed by atoms with Crippen molar-refractivity contribution in [2.75, 3.05) is 26.4 Å². The maximum absolute atomic E-state index is 11.6. The van der Waals surface area contributed by atoms with E-state index in [-0.39, 0.29) is 17.9 Å². The molecule has 0 N–H and O–H groups in total. The molecule has 0 aromatic heterocycles. The smallest absolute Gasteiger partial charge is 0.330 e. The minimum absolute atomic E-state index is 0.335. The molecule has 0 aliphatic rings. The molecule has 0 saturated carbocycles. The van der Waals surface area contributed by atoms with Crippen LogP contribution in [0.5, 0.6) is 0 Å². The Morgan fingerprint density at radius 2 is 0.970 bits per heavy atom. The quantitative estimate of drug-likeness (QED) is 0.0814. The van der Waals surface area contributed by atoms with Crippen molar-refractivity contribution in [1.29, 1.82) is 0 Å². The number of carbonyl (C=O) groups excluding carboxylic acids is 3. The first-order valence-electron chi connectivity index (χ1n) is 11.9. The van der Waals surface area contributed by atoms with Crippen LogP contribution in [0.4, 0.5) is 0 Å². The van der Waals surface area contributed by atoms with E-state index in [1.54, 1.807) is 39.0 Å². The van der Waals surface area contributed by atoms with Crippen molar-refractivity contribution in [3.63, 3.8) is 0 Å². The van der Waals surface area contributed by atoms with Crippen LogP contribution in [0.2, 0.25) is 18.1 Å². The van der Waals surface area contributed by atoms with E-state index in [2.05, 4.69) is 6.92 Å². The summed E-state index contributed by atoms with van der Waals surface area (Å²) in [6.07, 6.45) is 13.3. The Morgan fingerprint density at radius 1 is 0.606 bits per heavy atom. The van der Waals surface area contributed by atoms with Gasteiger partial charge in [0.1, 0.15) is 0 Å². The molecule has 0 heterocycles. The number of unbranched alkanes of at least 4 members (excludes halogenated alkanes) is 1. The van der Waals surface area contributed by atoms with Crippen LogP contribution in [-0.4, -0.2) is 52.7 Å². The summed E-state index contributed by atoms with van der Waals surface area (Å²) in [6, 6.07) is 2.47. The van der Waals surface area contributed by atoms with E-state index in [9.17, 15) is 14.4 Å². The first kappa shape index (κ1) is 30.8. The molecule has 33 heavy (non-hydrogen) atoms. The van der Waals surface area contributed by atoms with Crippen LogP contribution < -0.4 is 0 Å². The topological polar surface area (TPSA) is 88.1 Å². The van der Waals surface area contributed by atoms with Crippen molar-refractivity contribution in [2.24, 2.45) is 0 Å². The van der Waals surface area contributed by atoms with Crippen LogP contribution in [-0.2, 0) is 33.0 Å². The number of rotatable bonds is 19. The van der Waals surface area contributed by atoms with Crippen LogP contribution in [0.15, 0.2) is 36.5 Å². The number of ether oxygens (including phenoxy) is 3. The highest BCUT2D eigenvalue weighted by molar-refractivity contribution is 6.73. The molecule has 7 nitrogen and oxygen atoms in total. The Balaban J connectivity index is 5.05. The molecule has 0 aromatic rings. The van der Waals surface area contributed by atoms with Gasteiger partial charge in [-0.2, -0.15) is 0 Å². The van der Waals surface area contributed by atoms with Crippen molar-refractivity contribution in [3.8, 4) is 0 Å². The molecule has 0 amide bonds. The molecule has 0 radical (unpaired) electrons. The lowest BCUT2D eigenvalue weighted by Gasteiger charge is -2.32. The highest BCUT2D eigenvalue weighted by Crippen LogP contribution is 2.28. The summed E-state index contributed by atoms with van der Waals surface area (Å²) in [4.78, 5) is 34.8. The molecule has 0 spiro atoms. The summed E-state index contributed by atoms with van der Waals surface area (Å²) >= 11 is 0. The fourth-order valence-electron chi connectivity index (χ4n) is 3.28. The lowest BCUT2D eigenvalue weighted by Crippen LogP contribution is -2.39. The zero-order valence-corrected chi connectivity index (χ0v) is 21.8. The lowest BCUT2D eigenvalue weighted by atomic mass is 10.4. The van der Waals surface area contributed by atoms with Crippen LogP contribution in [0.25, 0.3) is 0 Å². The third-order valence-electron chi connectivity index (χ3n) is 4.88. The van der Waals surface area contributed by atoms with Crippen molar-refractivity contribution in [2.45, 2.75) is 77.9 Å². The summed E-state index contributed by atoms with van der Waals surface area (Å²) in [5.41, 5.74) is 0. The van der Waals surface area contributed by atoms with E-state index >= 15 is 0 Å². The minimum Gasteiger partial charge on any atom is -0.463 e. The second-order valence-corrected chi connectivity index (χ2v) is 11.9. The lowest BCUT2D eigenvalue weighted by molar-refractivity contribution is -0.138. The third kappa shape index (κ3) is 17.0. The van der Waals surface area contributed by atoms with Crippen molar-refractivity contribution >= 4 is 26.2 Å². The zero-order valence-electron chi connectivity index (χ0n) is 20.8. The van der Waals surface area contributed by atoms with Gasteiger partial charge in [-0.25, -0.2) is 14.4 Å². The molecule has 0 unspecified atom stereocenters.